The second kappa shape index (κ2) is 7.29. The van der Waals surface area contributed by atoms with Crippen molar-refractivity contribution in [1.82, 2.24) is 0 Å². The lowest BCUT2D eigenvalue weighted by Crippen LogP contribution is -2.02. The van der Waals surface area contributed by atoms with Gasteiger partial charge in [0.1, 0.15) is 11.5 Å². The Kier molecular flexibility index (Phi) is 5.11. The maximum absolute atomic E-state index is 5.66. The molecule has 0 saturated carbocycles. The van der Waals surface area contributed by atoms with Crippen molar-refractivity contribution in [3.05, 3.63) is 65.7 Å². The van der Waals surface area contributed by atoms with Crippen molar-refractivity contribution in [2.75, 3.05) is 14.2 Å². The van der Waals surface area contributed by atoms with Gasteiger partial charge in [-0.3, -0.25) is 0 Å². The molecule has 3 aromatic carbocycles. The van der Waals surface area contributed by atoms with E-state index in [1.54, 1.807) is 14.2 Å². The minimum atomic E-state index is 0.877. The zero-order chi connectivity index (χ0) is 18.0. The van der Waals surface area contributed by atoms with Gasteiger partial charge >= 0.3 is 0 Å². The summed E-state index contributed by atoms with van der Waals surface area (Å²) < 4.78 is 11.3. The minimum absolute atomic E-state index is 0.877. The Morgan fingerprint density at radius 1 is 0.680 bits per heavy atom. The van der Waals surface area contributed by atoms with E-state index in [1.807, 2.05) is 0 Å². The van der Waals surface area contributed by atoms with E-state index in [0.29, 0.717) is 0 Å². The van der Waals surface area contributed by atoms with Crippen LogP contribution in [0.2, 0.25) is 0 Å². The Bertz CT molecular complexity index is 916. The highest BCUT2D eigenvalue weighted by Crippen LogP contribution is 2.40. The molecule has 3 aromatic rings. The molecule has 0 bridgehead atoms. The fraction of sp³-hybridized carbons (Fsp3) is 0.182. The summed E-state index contributed by atoms with van der Waals surface area (Å²) in [5.41, 5.74) is 6.79. The summed E-state index contributed by atoms with van der Waals surface area (Å²) in [4.78, 5) is 0. The van der Waals surface area contributed by atoms with E-state index in [1.165, 1.54) is 11.1 Å². The molecule has 0 spiro atoms. The minimum Gasteiger partial charge on any atom is -0.496 e. The first kappa shape index (κ1) is 17.5. The summed E-state index contributed by atoms with van der Waals surface area (Å²) in [6.45, 7) is 4.14. The number of hydrogen-bond acceptors (Lipinski definition) is 2. The van der Waals surface area contributed by atoms with E-state index < -0.39 is 0 Å². The molecule has 0 heterocycles. The summed E-state index contributed by atoms with van der Waals surface area (Å²) >= 11 is 0. The van der Waals surface area contributed by atoms with Gasteiger partial charge < -0.3 is 9.47 Å². The van der Waals surface area contributed by atoms with E-state index >= 15 is 0 Å². The third-order valence-corrected chi connectivity index (χ3v) is 4.85. The maximum atomic E-state index is 5.66. The predicted octanol–water partition coefficient (Wildman–Crippen LogP) is 5.16. The van der Waals surface area contributed by atoms with E-state index in [4.69, 9.17) is 9.47 Å². The van der Waals surface area contributed by atoms with Gasteiger partial charge in [-0.15, -0.1) is 9.24 Å². The largest absolute Gasteiger partial charge is 0.496 e. The number of aryl methyl sites for hydroxylation is 2. The van der Waals surface area contributed by atoms with Crippen LogP contribution in [0.4, 0.5) is 0 Å². The first-order valence-corrected chi connectivity index (χ1v) is 8.81. The molecule has 0 amide bonds. The molecule has 128 valence electrons. The number of benzene rings is 3. The second-order valence-corrected chi connectivity index (χ2v) is 6.80. The molecule has 0 aliphatic heterocycles. The number of rotatable bonds is 4. The van der Waals surface area contributed by atoms with Gasteiger partial charge in [-0.2, -0.15) is 0 Å². The average Bonchev–Trinajstić information content (AvgIpc) is 2.61. The fourth-order valence-corrected chi connectivity index (χ4v) is 3.54. The van der Waals surface area contributed by atoms with E-state index in [9.17, 15) is 0 Å². The summed E-state index contributed by atoms with van der Waals surface area (Å²) in [5, 5.41) is 1.13. The van der Waals surface area contributed by atoms with Gasteiger partial charge in [0, 0.05) is 16.7 Å². The molecule has 3 heteroatoms. The van der Waals surface area contributed by atoms with E-state index in [2.05, 4.69) is 77.7 Å². The molecule has 0 aliphatic carbocycles. The Hall–Kier alpha value is -2.31. The van der Waals surface area contributed by atoms with Crippen LogP contribution in [-0.4, -0.2) is 14.2 Å². The lowest BCUT2D eigenvalue weighted by atomic mass is 9.92. The monoisotopic (exact) mass is 350 g/mol. The Morgan fingerprint density at radius 2 is 1.24 bits per heavy atom. The molecule has 1 unspecified atom stereocenters. The Labute approximate surface area is 152 Å². The van der Waals surface area contributed by atoms with Crippen LogP contribution in [0.5, 0.6) is 11.5 Å². The lowest BCUT2D eigenvalue weighted by molar-refractivity contribution is 0.415. The third-order valence-electron chi connectivity index (χ3n) is 4.37. The van der Waals surface area contributed by atoms with Crippen LogP contribution in [0.15, 0.2) is 54.6 Å². The number of methoxy groups -OCH3 is 2. The fourth-order valence-electron chi connectivity index (χ4n) is 3.12. The van der Waals surface area contributed by atoms with Crippen LogP contribution in [0, 0.1) is 13.8 Å². The highest BCUT2D eigenvalue weighted by molar-refractivity contribution is 7.28. The molecular formula is C22H23O2P. The summed E-state index contributed by atoms with van der Waals surface area (Å²) in [6.07, 6.45) is 0. The van der Waals surface area contributed by atoms with E-state index in [-0.39, 0.29) is 0 Å². The smallest absolute Gasteiger partial charge is 0.126 e. The lowest BCUT2D eigenvalue weighted by Gasteiger charge is -2.18. The molecule has 25 heavy (non-hydrogen) atoms. The van der Waals surface area contributed by atoms with E-state index in [0.717, 1.165) is 39.1 Å². The first-order chi connectivity index (χ1) is 12.0. The molecule has 0 saturated heterocycles. The van der Waals surface area contributed by atoms with Gasteiger partial charge in [-0.05, 0) is 48.0 Å². The first-order valence-electron chi connectivity index (χ1n) is 8.23. The number of ether oxygens (including phenoxy) is 2. The molecule has 0 aromatic heterocycles. The maximum Gasteiger partial charge on any atom is 0.126 e. The summed E-state index contributed by atoms with van der Waals surface area (Å²) in [7, 11) is 6.28. The van der Waals surface area contributed by atoms with Gasteiger partial charge in [0.15, 0.2) is 0 Å². The topological polar surface area (TPSA) is 18.5 Å². The third kappa shape index (κ3) is 3.41. The molecule has 0 N–H and O–H groups in total. The summed E-state index contributed by atoms with van der Waals surface area (Å²) in [5.74, 6) is 1.75. The molecule has 2 nitrogen and oxygen atoms in total. The van der Waals surface area contributed by atoms with Crippen molar-refractivity contribution in [3.8, 4) is 33.8 Å². The zero-order valence-corrected chi connectivity index (χ0v) is 16.2. The quantitative estimate of drug-likeness (QED) is 0.606. The molecule has 3 rings (SSSR count). The SMILES string of the molecule is COc1cc(C)ccc1-c1cccc(P)c1-c1ccc(C)cc1OC. The standard InChI is InChI=1S/C22H23O2P/c1-14-8-10-16(19(12-14)23-3)17-6-5-7-21(25)22(17)18-11-9-15(2)13-20(18)24-4/h5-13H,25H2,1-4H3. The van der Waals surface area contributed by atoms with Crippen molar-refractivity contribution in [3.63, 3.8) is 0 Å². The molecule has 0 aliphatic rings. The van der Waals surface area contributed by atoms with Gasteiger partial charge in [0.05, 0.1) is 14.2 Å². The van der Waals surface area contributed by atoms with Crippen LogP contribution in [0.25, 0.3) is 22.3 Å². The highest BCUT2D eigenvalue weighted by atomic mass is 31.0. The highest BCUT2D eigenvalue weighted by Gasteiger charge is 2.17. The summed E-state index contributed by atoms with van der Waals surface area (Å²) in [6, 6.07) is 18.9. The molecule has 1 atom stereocenters. The second-order valence-electron chi connectivity index (χ2n) is 6.18. The van der Waals surface area contributed by atoms with Crippen molar-refractivity contribution in [2.24, 2.45) is 0 Å². The van der Waals surface area contributed by atoms with Crippen molar-refractivity contribution in [1.29, 1.82) is 0 Å². The van der Waals surface area contributed by atoms with Crippen molar-refractivity contribution >= 4 is 14.5 Å². The van der Waals surface area contributed by atoms with Crippen molar-refractivity contribution < 1.29 is 9.47 Å². The zero-order valence-electron chi connectivity index (χ0n) is 15.1. The van der Waals surface area contributed by atoms with Crippen LogP contribution in [-0.2, 0) is 0 Å². The Balaban J connectivity index is 2.31. The average molecular weight is 350 g/mol. The predicted molar refractivity (Wildman–Crippen MR) is 109 cm³/mol. The van der Waals surface area contributed by atoms with Crippen LogP contribution in [0.1, 0.15) is 11.1 Å². The van der Waals surface area contributed by atoms with Crippen LogP contribution >= 0.6 is 9.24 Å². The molecule has 0 fully saturated rings. The van der Waals surface area contributed by atoms with Gasteiger partial charge in [0.25, 0.3) is 0 Å². The Morgan fingerprint density at radius 3 is 1.84 bits per heavy atom. The van der Waals surface area contributed by atoms with Crippen molar-refractivity contribution in [2.45, 2.75) is 13.8 Å². The van der Waals surface area contributed by atoms with Crippen LogP contribution < -0.4 is 14.8 Å². The molecular weight excluding hydrogens is 327 g/mol. The molecule has 0 radical (unpaired) electrons. The van der Waals surface area contributed by atoms with Gasteiger partial charge in [-0.25, -0.2) is 0 Å². The van der Waals surface area contributed by atoms with Crippen LogP contribution in [0.3, 0.4) is 0 Å². The van der Waals surface area contributed by atoms with Gasteiger partial charge in [-0.1, -0.05) is 42.5 Å². The normalized spacial score (nSPS) is 10.6. The van der Waals surface area contributed by atoms with Gasteiger partial charge in [0.2, 0.25) is 0 Å². The number of hydrogen-bond donors (Lipinski definition) is 0.